The largest absolute Gasteiger partial charge is 0.477 e. The second kappa shape index (κ2) is 4.40. The maximum absolute atomic E-state index is 13.0. The molecule has 0 aromatic rings. The summed E-state index contributed by atoms with van der Waals surface area (Å²) in [5, 5.41) is 8.23. The summed E-state index contributed by atoms with van der Waals surface area (Å²) in [6, 6.07) is 0. The van der Waals surface area contributed by atoms with Crippen molar-refractivity contribution in [3.63, 3.8) is 0 Å². The molecule has 0 spiro atoms. The van der Waals surface area contributed by atoms with Gasteiger partial charge in [0, 0.05) is 0 Å². The Hall–Kier alpha value is -0.760. The molecule has 5 nitrogen and oxygen atoms in total. The van der Waals surface area contributed by atoms with Crippen LogP contribution in [0.4, 0.5) is 8.78 Å². The third-order valence-electron chi connectivity index (χ3n) is 1.53. The van der Waals surface area contributed by atoms with Crippen LogP contribution in [0.25, 0.3) is 0 Å². The molecule has 0 saturated carbocycles. The summed E-state index contributed by atoms with van der Waals surface area (Å²) < 4.78 is 51.4. The van der Waals surface area contributed by atoms with Gasteiger partial charge in [-0.3, -0.25) is 4.18 Å². The zero-order chi connectivity index (χ0) is 12.4. The molecule has 0 fully saturated rings. The van der Waals surface area contributed by atoms with E-state index < -0.39 is 34.0 Å². The first-order valence-corrected chi connectivity index (χ1v) is 5.79. The summed E-state index contributed by atoms with van der Waals surface area (Å²) >= 11 is 0. The fourth-order valence-electron chi connectivity index (χ4n) is 0.900. The van der Waals surface area contributed by atoms with Gasteiger partial charge >= 0.3 is 11.9 Å². The minimum Gasteiger partial charge on any atom is -0.477 e. The molecule has 0 aliphatic carbocycles. The zero-order valence-corrected chi connectivity index (χ0v) is 9.22. The maximum atomic E-state index is 13.0. The van der Waals surface area contributed by atoms with Crippen molar-refractivity contribution in [1.29, 1.82) is 0 Å². The van der Waals surface area contributed by atoms with Gasteiger partial charge in [0.1, 0.15) is 0 Å². The summed E-state index contributed by atoms with van der Waals surface area (Å²) in [4.78, 5) is 10.2. The van der Waals surface area contributed by atoms with Crippen molar-refractivity contribution < 1.29 is 31.3 Å². The zero-order valence-electron chi connectivity index (χ0n) is 8.40. The smallest absolute Gasteiger partial charge is 0.377 e. The van der Waals surface area contributed by atoms with E-state index in [4.69, 9.17) is 5.11 Å². The van der Waals surface area contributed by atoms with Crippen molar-refractivity contribution in [2.75, 3.05) is 6.26 Å². The molecule has 0 aromatic carbocycles. The molecule has 1 atom stereocenters. The highest BCUT2D eigenvalue weighted by Gasteiger charge is 2.51. The molecule has 90 valence electrons. The Morgan fingerprint density at radius 2 is 1.80 bits per heavy atom. The fraction of sp³-hybridized carbons (Fsp3) is 0.857. The first-order valence-electron chi connectivity index (χ1n) is 3.98. The molecule has 0 rings (SSSR count). The maximum Gasteiger partial charge on any atom is 0.377 e. The van der Waals surface area contributed by atoms with Crippen molar-refractivity contribution in [2.45, 2.75) is 25.9 Å². The number of carbonyl (C=O) groups is 1. The second-order valence-corrected chi connectivity index (χ2v) is 4.99. The van der Waals surface area contributed by atoms with Crippen molar-refractivity contribution >= 4 is 16.1 Å². The molecule has 0 aliphatic heterocycles. The van der Waals surface area contributed by atoms with Crippen LogP contribution < -0.4 is 0 Å². The van der Waals surface area contributed by atoms with E-state index in [0.717, 1.165) is 0 Å². The van der Waals surface area contributed by atoms with Crippen LogP contribution in [0.5, 0.6) is 0 Å². The van der Waals surface area contributed by atoms with Gasteiger partial charge in [-0.25, -0.2) is 4.79 Å². The molecule has 0 aromatic heterocycles. The van der Waals surface area contributed by atoms with E-state index in [1.165, 1.54) is 13.8 Å². The predicted octanol–water partition coefficient (Wildman–Crippen LogP) is 0.707. The molecule has 1 N–H and O–H groups in total. The second-order valence-electron chi connectivity index (χ2n) is 3.39. The number of hydrogen-bond acceptors (Lipinski definition) is 4. The lowest BCUT2D eigenvalue weighted by Gasteiger charge is -2.25. The van der Waals surface area contributed by atoms with Gasteiger partial charge in [-0.05, 0) is 5.92 Å². The van der Waals surface area contributed by atoms with Crippen molar-refractivity contribution in [2.24, 2.45) is 5.92 Å². The molecule has 0 amide bonds. The Bertz CT molecular complexity index is 335. The Morgan fingerprint density at radius 1 is 1.40 bits per heavy atom. The number of alkyl halides is 2. The van der Waals surface area contributed by atoms with Crippen molar-refractivity contribution in [3.8, 4) is 0 Å². The van der Waals surface area contributed by atoms with Crippen LogP contribution in [0, 0.1) is 5.92 Å². The van der Waals surface area contributed by atoms with Crippen LogP contribution in [0.15, 0.2) is 0 Å². The van der Waals surface area contributed by atoms with Crippen LogP contribution in [0.2, 0.25) is 0 Å². The van der Waals surface area contributed by atoms with Gasteiger partial charge in [-0.15, -0.1) is 0 Å². The fourth-order valence-corrected chi connectivity index (χ4v) is 1.62. The number of aliphatic carboxylic acids is 1. The monoisotopic (exact) mass is 246 g/mol. The Balaban J connectivity index is 5.08. The third-order valence-corrected chi connectivity index (χ3v) is 2.08. The number of rotatable bonds is 5. The highest BCUT2D eigenvalue weighted by Crippen LogP contribution is 2.28. The lowest BCUT2D eigenvalue weighted by atomic mass is 10.0. The van der Waals surface area contributed by atoms with Gasteiger partial charge in [0.15, 0.2) is 6.10 Å². The lowest BCUT2D eigenvalue weighted by molar-refractivity contribution is -0.182. The highest BCUT2D eigenvalue weighted by molar-refractivity contribution is 7.86. The van der Waals surface area contributed by atoms with E-state index in [2.05, 4.69) is 4.18 Å². The van der Waals surface area contributed by atoms with Crippen molar-refractivity contribution in [1.82, 2.24) is 0 Å². The van der Waals surface area contributed by atoms with Crippen LogP contribution >= 0.6 is 0 Å². The predicted molar refractivity (Wildman–Crippen MR) is 47.1 cm³/mol. The highest BCUT2D eigenvalue weighted by atomic mass is 32.2. The first-order chi connectivity index (χ1) is 6.48. The molecule has 0 saturated heterocycles. The Labute approximate surface area is 86.2 Å². The van der Waals surface area contributed by atoms with Crippen molar-refractivity contribution in [3.05, 3.63) is 0 Å². The van der Waals surface area contributed by atoms with E-state index in [9.17, 15) is 22.0 Å². The standard InChI is InChI=1S/C7H12F2O5S/c1-4(2)5(14-15(3,12)13)7(8,9)6(10)11/h4-5H,1-3H3,(H,10,11). The van der Waals surface area contributed by atoms with Gasteiger partial charge in [-0.1, -0.05) is 13.8 Å². The van der Waals surface area contributed by atoms with Crippen LogP contribution in [0.3, 0.4) is 0 Å². The van der Waals surface area contributed by atoms with Crippen LogP contribution in [0.1, 0.15) is 13.8 Å². The molecular weight excluding hydrogens is 234 g/mol. The van der Waals surface area contributed by atoms with Gasteiger partial charge < -0.3 is 5.11 Å². The minimum absolute atomic E-state index is 0.584. The topological polar surface area (TPSA) is 80.7 Å². The number of carboxylic acid groups (broad SMARTS) is 1. The first kappa shape index (κ1) is 14.2. The van der Waals surface area contributed by atoms with Gasteiger partial charge in [-0.2, -0.15) is 17.2 Å². The summed E-state index contributed by atoms with van der Waals surface area (Å²) in [6.45, 7) is 2.49. The number of halogens is 2. The van der Waals surface area contributed by atoms with E-state index in [-0.39, 0.29) is 0 Å². The molecule has 0 heterocycles. The quantitative estimate of drug-likeness (QED) is 0.722. The van der Waals surface area contributed by atoms with Gasteiger partial charge in [0.2, 0.25) is 0 Å². The molecule has 15 heavy (non-hydrogen) atoms. The van der Waals surface area contributed by atoms with E-state index in [0.29, 0.717) is 6.26 Å². The van der Waals surface area contributed by atoms with E-state index in [1.54, 1.807) is 0 Å². The normalized spacial score (nSPS) is 15.3. The van der Waals surface area contributed by atoms with Crippen LogP contribution in [-0.4, -0.2) is 37.8 Å². The lowest BCUT2D eigenvalue weighted by Crippen LogP contribution is -2.46. The molecule has 0 bridgehead atoms. The third kappa shape index (κ3) is 4.08. The summed E-state index contributed by atoms with van der Waals surface area (Å²) in [7, 11) is -4.13. The van der Waals surface area contributed by atoms with Crippen LogP contribution in [-0.2, 0) is 19.1 Å². The molecule has 0 radical (unpaired) electrons. The van der Waals surface area contributed by atoms with Gasteiger partial charge in [0.05, 0.1) is 6.26 Å². The SMILES string of the molecule is CC(C)C(OS(C)(=O)=O)C(F)(F)C(=O)O. The summed E-state index contributed by atoms with van der Waals surface area (Å²) in [5.74, 6) is -7.60. The average Bonchev–Trinajstić information content (AvgIpc) is 1.97. The molecule has 8 heteroatoms. The Kier molecular flexibility index (Phi) is 4.17. The van der Waals surface area contributed by atoms with E-state index in [1.807, 2.05) is 0 Å². The van der Waals surface area contributed by atoms with E-state index >= 15 is 0 Å². The average molecular weight is 246 g/mol. The van der Waals surface area contributed by atoms with Gasteiger partial charge in [0.25, 0.3) is 10.1 Å². The molecule has 1 unspecified atom stereocenters. The number of carboxylic acids is 1. The molecular formula is C7H12F2O5S. The summed E-state index contributed by atoms with van der Waals surface area (Å²) in [6.07, 6.45) is -1.62. The molecule has 0 aliphatic rings. The Morgan fingerprint density at radius 3 is 2.00 bits per heavy atom. The minimum atomic E-state index is -4.24. The number of hydrogen-bond donors (Lipinski definition) is 1. The summed E-state index contributed by atoms with van der Waals surface area (Å²) in [5.41, 5.74) is 0.